The third kappa shape index (κ3) is 4.77. The van der Waals surface area contributed by atoms with Gasteiger partial charge in [-0.1, -0.05) is 23.7 Å². The van der Waals surface area contributed by atoms with E-state index < -0.39 is 15.8 Å². The molecule has 2 aromatic rings. The lowest BCUT2D eigenvalue weighted by atomic mass is 10.2. The second-order valence-electron chi connectivity index (χ2n) is 5.09. The summed E-state index contributed by atoms with van der Waals surface area (Å²) in [6, 6.07) is 10.0. The second-order valence-corrected chi connectivity index (χ2v) is 7.23. The van der Waals surface area contributed by atoms with Gasteiger partial charge in [-0.25, -0.2) is 17.5 Å². The van der Waals surface area contributed by atoms with Gasteiger partial charge in [0.05, 0.1) is 5.02 Å². The molecule has 0 aliphatic heterocycles. The van der Waals surface area contributed by atoms with Gasteiger partial charge in [0, 0.05) is 18.7 Å². The highest BCUT2D eigenvalue weighted by molar-refractivity contribution is 7.89. The van der Waals surface area contributed by atoms with Crippen LogP contribution in [0.4, 0.5) is 10.1 Å². The Labute approximate surface area is 144 Å². The van der Waals surface area contributed by atoms with Crippen molar-refractivity contribution in [2.75, 3.05) is 11.9 Å². The number of carbonyl (C=O) groups excluding carboxylic acids is 1. The molecule has 0 radical (unpaired) electrons. The molecule has 0 unspecified atom stereocenters. The lowest BCUT2D eigenvalue weighted by Gasteiger charge is -2.10. The van der Waals surface area contributed by atoms with Crippen molar-refractivity contribution in [1.29, 1.82) is 0 Å². The maximum absolute atomic E-state index is 13.0. The fraction of sp³-hybridized carbons (Fsp3) is 0.188. The average molecular weight is 371 g/mol. The summed E-state index contributed by atoms with van der Waals surface area (Å²) in [6.45, 7) is 1.58. The number of nitrogens with one attached hydrogen (secondary N) is 2. The number of amides is 1. The quantitative estimate of drug-likeness (QED) is 0.820. The standard InChI is InChI=1S/C16H16ClFN2O3S/c1-11-10-12(18)6-7-14(11)20-16(21)8-9-19-24(22,23)15-5-3-2-4-13(15)17/h2-7,10,19H,8-9H2,1H3,(H,20,21). The number of aryl methyl sites for hydroxylation is 1. The van der Waals surface area contributed by atoms with Gasteiger partial charge in [-0.2, -0.15) is 0 Å². The van der Waals surface area contributed by atoms with E-state index in [1.54, 1.807) is 19.1 Å². The number of sulfonamides is 1. The molecule has 0 saturated carbocycles. The van der Waals surface area contributed by atoms with Gasteiger partial charge in [-0.05, 0) is 42.8 Å². The van der Waals surface area contributed by atoms with Crippen molar-refractivity contribution < 1.29 is 17.6 Å². The lowest BCUT2D eigenvalue weighted by Crippen LogP contribution is -2.28. The van der Waals surface area contributed by atoms with Crippen LogP contribution in [0.1, 0.15) is 12.0 Å². The van der Waals surface area contributed by atoms with Crippen LogP contribution in [0.2, 0.25) is 5.02 Å². The Morgan fingerprint density at radius 2 is 1.92 bits per heavy atom. The molecule has 0 aliphatic rings. The van der Waals surface area contributed by atoms with Crippen LogP contribution in [0.5, 0.6) is 0 Å². The monoisotopic (exact) mass is 370 g/mol. The Bertz CT molecular complexity index is 856. The van der Waals surface area contributed by atoms with Gasteiger partial charge in [0.25, 0.3) is 0 Å². The molecule has 128 valence electrons. The number of rotatable bonds is 6. The maximum atomic E-state index is 13.0. The van der Waals surface area contributed by atoms with Gasteiger partial charge in [0.15, 0.2) is 0 Å². The van der Waals surface area contributed by atoms with Crippen molar-refractivity contribution in [3.05, 3.63) is 58.9 Å². The SMILES string of the molecule is Cc1cc(F)ccc1NC(=O)CCNS(=O)(=O)c1ccccc1Cl. The fourth-order valence-electron chi connectivity index (χ4n) is 2.02. The van der Waals surface area contributed by atoms with E-state index in [0.717, 1.165) is 0 Å². The maximum Gasteiger partial charge on any atom is 0.242 e. The highest BCUT2D eigenvalue weighted by Crippen LogP contribution is 2.20. The van der Waals surface area contributed by atoms with Crippen LogP contribution < -0.4 is 10.0 Å². The summed E-state index contributed by atoms with van der Waals surface area (Å²) in [7, 11) is -3.78. The molecule has 0 bridgehead atoms. The minimum Gasteiger partial charge on any atom is -0.326 e. The number of carbonyl (C=O) groups is 1. The van der Waals surface area contributed by atoms with Crippen molar-refractivity contribution in [3.63, 3.8) is 0 Å². The van der Waals surface area contributed by atoms with E-state index in [1.165, 1.54) is 30.3 Å². The van der Waals surface area contributed by atoms with Crippen LogP contribution in [0.3, 0.4) is 0 Å². The van der Waals surface area contributed by atoms with Gasteiger partial charge in [0.2, 0.25) is 15.9 Å². The number of hydrogen-bond acceptors (Lipinski definition) is 3. The summed E-state index contributed by atoms with van der Waals surface area (Å²) in [5, 5.41) is 2.72. The zero-order valence-corrected chi connectivity index (χ0v) is 14.4. The molecule has 0 fully saturated rings. The Morgan fingerprint density at radius 1 is 1.21 bits per heavy atom. The lowest BCUT2D eigenvalue weighted by molar-refractivity contribution is -0.116. The van der Waals surface area contributed by atoms with Crippen LogP contribution in [0.25, 0.3) is 0 Å². The second kappa shape index (κ2) is 7.74. The van der Waals surface area contributed by atoms with E-state index in [-0.39, 0.29) is 28.8 Å². The first kappa shape index (κ1) is 18.4. The Kier molecular flexibility index (Phi) is 5.93. The van der Waals surface area contributed by atoms with Crippen LogP contribution in [0.15, 0.2) is 47.4 Å². The summed E-state index contributed by atoms with van der Waals surface area (Å²) in [5.74, 6) is -0.774. The first-order chi connectivity index (χ1) is 11.3. The average Bonchev–Trinajstić information content (AvgIpc) is 2.50. The molecule has 24 heavy (non-hydrogen) atoms. The molecule has 0 saturated heterocycles. The van der Waals surface area contributed by atoms with Gasteiger partial charge in [0.1, 0.15) is 10.7 Å². The Morgan fingerprint density at radius 3 is 2.58 bits per heavy atom. The van der Waals surface area contributed by atoms with Crippen molar-refractivity contribution in [2.24, 2.45) is 0 Å². The Hall–Kier alpha value is -1.96. The van der Waals surface area contributed by atoms with Crippen molar-refractivity contribution in [3.8, 4) is 0 Å². The smallest absolute Gasteiger partial charge is 0.242 e. The number of halogens is 2. The molecule has 5 nitrogen and oxygen atoms in total. The van der Waals surface area contributed by atoms with E-state index in [0.29, 0.717) is 11.3 Å². The predicted octanol–water partition coefficient (Wildman–Crippen LogP) is 3.09. The van der Waals surface area contributed by atoms with E-state index in [9.17, 15) is 17.6 Å². The zero-order valence-electron chi connectivity index (χ0n) is 12.8. The van der Waals surface area contributed by atoms with Crippen LogP contribution >= 0.6 is 11.6 Å². The molecule has 1 amide bonds. The van der Waals surface area contributed by atoms with Gasteiger partial charge < -0.3 is 5.32 Å². The summed E-state index contributed by atoms with van der Waals surface area (Å²) in [4.78, 5) is 11.8. The normalized spacial score (nSPS) is 11.3. The molecule has 8 heteroatoms. The molecule has 2 rings (SSSR count). The number of hydrogen-bond donors (Lipinski definition) is 2. The predicted molar refractivity (Wildman–Crippen MR) is 91.0 cm³/mol. The molecule has 0 spiro atoms. The third-order valence-electron chi connectivity index (χ3n) is 3.23. The topological polar surface area (TPSA) is 75.3 Å². The Balaban J connectivity index is 1.92. The first-order valence-electron chi connectivity index (χ1n) is 7.10. The largest absolute Gasteiger partial charge is 0.326 e. The third-order valence-corrected chi connectivity index (χ3v) is 5.19. The summed E-state index contributed by atoms with van der Waals surface area (Å²) in [5.41, 5.74) is 1.07. The molecular formula is C16H16ClFN2O3S. The fourth-order valence-corrected chi connectivity index (χ4v) is 3.57. The minimum absolute atomic E-state index is 0.0403. The number of anilines is 1. The number of benzene rings is 2. The van der Waals surface area contributed by atoms with Crippen LogP contribution in [0, 0.1) is 12.7 Å². The summed E-state index contributed by atoms with van der Waals surface area (Å²) >= 11 is 5.86. The van der Waals surface area contributed by atoms with Crippen molar-refractivity contribution in [1.82, 2.24) is 4.72 Å². The van der Waals surface area contributed by atoms with Crippen LogP contribution in [-0.4, -0.2) is 20.9 Å². The summed E-state index contributed by atoms with van der Waals surface area (Å²) in [6.07, 6.45) is -0.0689. The van der Waals surface area contributed by atoms with E-state index in [1.807, 2.05) is 0 Å². The highest BCUT2D eigenvalue weighted by atomic mass is 35.5. The van der Waals surface area contributed by atoms with E-state index in [4.69, 9.17) is 11.6 Å². The van der Waals surface area contributed by atoms with Gasteiger partial charge >= 0.3 is 0 Å². The van der Waals surface area contributed by atoms with E-state index >= 15 is 0 Å². The molecule has 0 atom stereocenters. The van der Waals surface area contributed by atoms with Crippen LogP contribution in [-0.2, 0) is 14.8 Å². The molecular weight excluding hydrogens is 355 g/mol. The molecule has 0 aromatic heterocycles. The molecule has 0 aliphatic carbocycles. The van der Waals surface area contributed by atoms with Crippen molar-refractivity contribution in [2.45, 2.75) is 18.2 Å². The molecule has 2 aromatic carbocycles. The minimum atomic E-state index is -3.78. The summed E-state index contributed by atoms with van der Waals surface area (Å²) < 4.78 is 39.6. The molecule has 2 N–H and O–H groups in total. The first-order valence-corrected chi connectivity index (χ1v) is 8.96. The van der Waals surface area contributed by atoms with Gasteiger partial charge in [-0.3, -0.25) is 4.79 Å². The van der Waals surface area contributed by atoms with Gasteiger partial charge in [-0.15, -0.1) is 0 Å². The highest BCUT2D eigenvalue weighted by Gasteiger charge is 2.17. The van der Waals surface area contributed by atoms with Crippen molar-refractivity contribution >= 4 is 33.2 Å². The van der Waals surface area contributed by atoms with E-state index in [2.05, 4.69) is 10.0 Å². The molecule has 0 heterocycles. The zero-order chi connectivity index (χ0) is 17.7.